The van der Waals surface area contributed by atoms with Gasteiger partial charge in [0.25, 0.3) is 0 Å². The molecule has 0 bridgehead atoms. The van der Waals surface area contributed by atoms with Crippen LogP contribution in [0.25, 0.3) is 44.2 Å². The molecule has 5 nitrogen and oxygen atoms in total. The first-order valence-electron chi connectivity index (χ1n) is 26.4. The van der Waals surface area contributed by atoms with Crippen LogP contribution in [-0.2, 0) is 19.3 Å². The fourth-order valence-corrected chi connectivity index (χ4v) is 17.3. The zero-order valence-electron chi connectivity index (χ0n) is 44.6. The maximum atomic E-state index is 13.2. The van der Waals surface area contributed by atoms with Gasteiger partial charge >= 0.3 is 146 Å². The van der Waals surface area contributed by atoms with Crippen LogP contribution in [0.15, 0.2) is 121 Å². The molecule has 0 saturated heterocycles. The summed E-state index contributed by atoms with van der Waals surface area (Å²) in [4.78, 5) is 48.2. The van der Waals surface area contributed by atoms with Crippen LogP contribution in [0.3, 0.4) is 0 Å². The van der Waals surface area contributed by atoms with E-state index in [4.69, 9.17) is 4.74 Å². The second-order valence-corrected chi connectivity index (χ2v) is 36.8. The van der Waals surface area contributed by atoms with Crippen LogP contribution in [0.5, 0.6) is 5.75 Å². The maximum absolute atomic E-state index is 13.2. The molecule has 72 heavy (non-hydrogen) atoms. The van der Waals surface area contributed by atoms with Gasteiger partial charge < -0.3 is 4.74 Å². The van der Waals surface area contributed by atoms with Crippen molar-refractivity contribution in [1.82, 2.24) is 4.90 Å². The van der Waals surface area contributed by atoms with Crippen molar-refractivity contribution in [2.45, 2.75) is 113 Å². The van der Waals surface area contributed by atoms with E-state index in [0.717, 1.165) is 69.5 Å². The van der Waals surface area contributed by atoms with Gasteiger partial charge in [-0.3, -0.25) is 9.59 Å². The molecule has 11 rings (SSSR count). The largest absolute Gasteiger partial charge is 0.496 e. The molecule has 0 heterocycles. The number of Topliss-reactive ketones (excluding diaryl/α,β-unsaturated/α-hetero) is 3. The summed E-state index contributed by atoms with van der Waals surface area (Å²) in [7, 11) is 5.79. The van der Waals surface area contributed by atoms with E-state index in [0.29, 0.717) is 17.5 Å². The Hall–Kier alpha value is -5.63. The molecular weight excluding hydrogens is 989 g/mol. The third-order valence-corrected chi connectivity index (χ3v) is 22.3. The first-order valence-corrected chi connectivity index (χ1v) is 36.4. The van der Waals surface area contributed by atoms with Crippen LogP contribution in [0.1, 0.15) is 122 Å². The molecule has 0 aromatic heterocycles. The van der Waals surface area contributed by atoms with Crippen molar-refractivity contribution in [3.63, 3.8) is 0 Å². The van der Waals surface area contributed by atoms with Crippen molar-refractivity contribution in [3.05, 3.63) is 177 Å². The number of carbonyl (C=O) groups is 3. The Morgan fingerprint density at radius 1 is 0.528 bits per heavy atom. The van der Waals surface area contributed by atoms with E-state index in [2.05, 4.69) is 131 Å². The molecule has 1 saturated carbocycles. The van der Waals surface area contributed by atoms with Gasteiger partial charge in [0, 0.05) is 28.5 Å². The summed E-state index contributed by atoms with van der Waals surface area (Å²) in [5, 5.41) is 2.36. The van der Waals surface area contributed by atoms with Gasteiger partial charge in [0.05, 0.1) is 7.11 Å². The van der Waals surface area contributed by atoms with Gasteiger partial charge in [0.15, 0.2) is 11.6 Å². The van der Waals surface area contributed by atoms with E-state index in [1.165, 1.54) is 87.4 Å². The minimum absolute atomic E-state index is 0.0201. The number of rotatable bonds is 7. The minimum Gasteiger partial charge on any atom is -0.496 e. The molecular formula is C66H73NO4Sn. The molecule has 3 unspecified atom stereocenters. The van der Waals surface area contributed by atoms with Gasteiger partial charge in [-0.2, -0.15) is 0 Å². The molecule has 0 aliphatic heterocycles. The topological polar surface area (TPSA) is 63.7 Å². The van der Waals surface area contributed by atoms with Gasteiger partial charge in [0.2, 0.25) is 0 Å². The summed E-state index contributed by atoms with van der Waals surface area (Å²) < 4.78 is 7.50. The van der Waals surface area contributed by atoms with Gasteiger partial charge in [-0.05, 0) is 106 Å². The summed E-state index contributed by atoms with van der Waals surface area (Å²) in [6, 6.07) is 42.2. The molecule has 0 N–H and O–H groups in total. The SMILES string of the molecule is CN(C)C1Cc2c(cc(C3CCCCC3)c[c]2[Sn]([CH3])([CH3])[CH3])C1=O.COc1cc(-c2ccccc2)c2c(c1-c1cccc3ccccc13)CC(C)C2=O.Cc1c(C)c2c(c(-c3ccccc3)c1C)CC(C)C2=O. The average Bonchev–Trinajstić information content (AvgIpc) is 4.00. The third-order valence-electron chi connectivity index (χ3n) is 16.5. The quantitative estimate of drug-likeness (QED) is 0.149. The molecule has 0 radical (unpaired) electrons. The number of hydrogen-bond donors (Lipinski definition) is 0. The van der Waals surface area contributed by atoms with Crippen LogP contribution in [-0.4, -0.2) is 67.9 Å². The number of carbonyl (C=O) groups excluding carboxylic acids is 3. The Bertz CT molecular complexity index is 3210. The fourth-order valence-electron chi connectivity index (χ4n) is 12.4. The number of likely N-dealkylation sites (N-methyl/N-ethyl adjacent to an activating group) is 1. The molecule has 0 amide bonds. The Kier molecular flexibility index (Phi) is 15.0. The van der Waals surface area contributed by atoms with E-state index >= 15 is 0 Å². The summed E-state index contributed by atoms with van der Waals surface area (Å²) in [6.07, 6.45) is 9.24. The predicted octanol–water partition coefficient (Wildman–Crippen LogP) is 15.2. The average molecular weight is 1060 g/mol. The molecule has 6 heteroatoms. The standard InChI is InChI=1S/C27H22O2.C19H20O.C17H22NO.3CH3.Sn/c1-17-15-23-25(21-14-8-12-18-11-6-7-13-20(18)21)24(29-2)16-22(26(23)27(17)28)19-9-4-3-5-10-19;1-11-10-16-17(15-8-6-5-7-9-15)13(3)12(2)14(4)18(16)19(11)20;1-18(2)16-11-14-9-8-13(10-15(14)17(16)19)12-6-4-3-5-7-12;;;;/h3-14,16-17H,15H2,1-2H3;5-9,11H,10H2,1-4H3;8,10,12,16H,3-7,11H2,1-2H3;3*1H3;. The van der Waals surface area contributed by atoms with E-state index < -0.39 is 18.4 Å². The normalized spacial score (nSPS) is 18.3. The van der Waals surface area contributed by atoms with Crippen molar-refractivity contribution in [2.75, 3.05) is 21.2 Å². The van der Waals surface area contributed by atoms with Crippen molar-refractivity contribution in [2.24, 2.45) is 11.8 Å². The summed E-state index contributed by atoms with van der Waals surface area (Å²) >= 11 is -2.24. The first kappa shape index (κ1) is 51.3. The van der Waals surface area contributed by atoms with Crippen LogP contribution < -0.4 is 8.32 Å². The van der Waals surface area contributed by atoms with Gasteiger partial charge in [-0.25, -0.2) is 0 Å². The molecule has 370 valence electrons. The molecule has 1 fully saturated rings. The Morgan fingerprint density at radius 2 is 1.10 bits per heavy atom. The summed E-state index contributed by atoms with van der Waals surface area (Å²) in [6.45, 7) is 10.5. The number of nitrogens with zero attached hydrogens (tertiary/aromatic N) is 1. The first-order chi connectivity index (χ1) is 34.5. The van der Waals surface area contributed by atoms with Crippen LogP contribution in [0, 0.1) is 32.6 Å². The Balaban J connectivity index is 0.000000136. The third kappa shape index (κ3) is 9.68. The van der Waals surface area contributed by atoms with Crippen LogP contribution in [0.4, 0.5) is 0 Å². The minimum atomic E-state index is -2.24. The van der Waals surface area contributed by atoms with Crippen molar-refractivity contribution in [1.29, 1.82) is 0 Å². The van der Waals surface area contributed by atoms with E-state index in [1.54, 1.807) is 10.7 Å². The van der Waals surface area contributed by atoms with Gasteiger partial charge in [-0.1, -0.05) is 117 Å². The Morgan fingerprint density at radius 3 is 1.72 bits per heavy atom. The zero-order chi connectivity index (χ0) is 51.2. The molecule has 4 aliphatic carbocycles. The number of methoxy groups -OCH3 is 1. The molecule has 7 aromatic rings. The molecule has 4 aliphatic rings. The monoisotopic (exact) mass is 1060 g/mol. The van der Waals surface area contributed by atoms with Crippen molar-refractivity contribution in [3.8, 4) is 39.1 Å². The molecule has 3 atom stereocenters. The fraction of sp³-hybridized carbons (Fsp3) is 0.348. The molecule has 0 spiro atoms. The zero-order valence-corrected chi connectivity index (χ0v) is 47.4. The predicted molar refractivity (Wildman–Crippen MR) is 303 cm³/mol. The number of ether oxygens (including phenoxy) is 1. The number of fused-ring (bicyclic) bond motifs is 4. The Labute approximate surface area is 433 Å². The van der Waals surface area contributed by atoms with E-state index in [1.807, 2.05) is 58.3 Å². The number of ketones is 3. The maximum Gasteiger partial charge on any atom is 0.166 e. The summed E-state index contributed by atoms with van der Waals surface area (Å²) in [5.74, 6) is 2.51. The second-order valence-electron chi connectivity index (χ2n) is 22.4. The number of benzene rings is 7. The van der Waals surface area contributed by atoms with E-state index in [9.17, 15) is 14.4 Å². The van der Waals surface area contributed by atoms with Gasteiger partial charge in [-0.15, -0.1) is 0 Å². The molecule has 7 aromatic carbocycles. The van der Waals surface area contributed by atoms with Crippen molar-refractivity contribution >= 4 is 50.1 Å². The number of hydrogen-bond acceptors (Lipinski definition) is 5. The second kappa shape index (κ2) is 21.1. The van der Waals surface area contributed by atoms with Crippen LogP contribution in [0.2, 0.25) is 14.8 Å². The smallest absolute Gasteiger partial charge is 0.166 e. The van der Waals surface area contributed by atoms with E-state index in [-0.39, 0.29) is 23.7 Å². The van der Waals surface area contributed by atoms with Crippen molar-refractivity contribution < 1.29 is 19.1 Å². The summed E-state index contributed by atoms with van der Waals surface area (Å²) in [5.41, 5.74) is 18.6. The van der Waals surface area contributed by atoms with Crippen LogP contribution >= 0.6 is 0 Å². The van der Waals surface area contributed by atoms with Gasteiger partial charge in [0.1, 0.15) is 5.75 Å².